The standard InChI is InChI=1S/C30H36FN7O4S/c1-41-26-15-24-25(16-27(26)42-12-4-10-38-9-3-7-22(38)17-32-8-11-39)34-19-35-29(24)37-30-33-18-23(43-30)14-28(40)36-21-6-2-5-20(31)13-21/h2,5-6,13,15-16,18-19,22,32,39H,3-4,7-12,14,17H2,1H3,(H,36,40)(H,33,34,35,37)/t22-/m0/s1. The van der Waals surface area contributed by atoms with Gasteiger partial charge in [0.2, 0.25) is 5.91 Å². The molecule has 1 fully saturated rings. The van der Waals surface area contributed by atoms with Crippen LogP contribution in [0.15, 0.2) is 48.9 Å². The van der Waals surface area contributed by atoms with Crippen molar-refractivity contribution in [2.75, 3.05) is 57.1 Å². The number of ether oxygens (including phenoxy) is 2. The van der Waals surface area contributed by atoms with Crippen molar-refractivity contribution >= 4 is 44.8 Å². The van der Waals surface area contributed by atoms with Crippen LogP contribution >= 0.6 is 11.3 Å². The fourth-order valence-electron chi connectivity index (χ4n) is 5.13. The third kappa shape index (κ3) is 8.35. The molecular weight excluding hydrogens is 573 g/mol. The first-order valence-corrected chi connectivity index (χ1v) is 15.1. The lowest BCUT2D eigenvalue weighted by atomic mass is 10.2. The van der Waals surface area contributed by atoms with Gasteiger partial charge in [-0.3, -0.25) is 9.69 Å². The van der Waals surface area contributed by atoms with Gasteiger partial charge in [-0.2, -0.15) is 0 Å². The maximum Gasteiger partial charge on any atom is 0.229 e. The van der Waals surface area contributed by atoms with Crippen LogP contribution in [0.25, 0.3) is 10.9 Å². The Morgan fingerprint density at radius 2 is 2.12 bits per heavy atom. The molecule has 0 bridgehead atoms. The average molecular weight is 610 g/mol. The number of benzene rings is 2. The smallest absolute Gasteiger partial charge is 0.229 e. The van der Waals surface area contributed by atoms with Gasteiger partial charge in [0.05, 0.1) is 32.3 Å². The molecule has 2 aromatic heterocycles. The first kappa shape index (κ1) is 30.5. The van der Waals surface area contributed by atoms with Gasteiger partial charge < -0.3 is 30.5 Å². The SMILES string of the molecule is COc1cc2c(Nc3ncc(CC(=O)Nc4cccc(F)c4)s3)ncnc2cc1OCCCN1CCC[C@H]1CNCCO. The third-order valence-electron chi connectivity index (χ3n) is 7.16. The predicted molar refractivity (Wildman–Crippen MR) is 165 cm³/mol. The van der Waals surface area contributed by atoms with Gasteiger partial charge in [0.15, 0.2) is 16.6 Å². The molecule has 1 saturated heterocycles. The molecule has 228 valence electrons. The number of fused-ring (bicyclic) bond motifs is 1. The Balaban J connectivity index is 1.18. The normalized spacial score (nSPS) is 15.1. The predicted octanol–water partition coefficient (Wildman–Crippen LogP) is 3.97. The van der Waals surface area contributed by atoms with Crippen LogP contribution in [0.2, 0.25) is 0 Å². The number of amides is 1. The number of halogens is 1. The van der Waals surface area contributed by atoms with E-state index in [2.05, 4.69) is 35.8 Å². The van der Waals surface area contributed by atoms with Crippen LogP contribution < -0.4 is 25.4 Å². The van der Waals surface area contributed by atoms with E-state index in [0.717, 1.165) is 36.3 Å². The molecule has 0 unspecified atom stereocenters. The molecule has 4 aromatic rings. The van der Waals surface area contributed by atoms with E-state index in [0.29, 0.717) is 52.8 Å². The molecule has 1 atom stereocenters. The molecule has 0 spiro atoms. The van der Waals surface area contributed by atoms with Gasteiger partial charge in [-0.25, -0.2) is 19.3 Å². The van der Waals surface area contributed by atoms with E-state index < -0.39 is 5.82 Å². The summed E-state index contributed by atoms with van der Waals surface area (Å²) >= 11 is 1.33. The third-order valence-corrected chi connectivity index (χ3v) is 8.07. The number of aromatic nitrogens is 3. The molecule has 11 nitrogen and oxygen atoms in total. The number of thiazole rings is 1. The highest BCUT2D eigenvalue weighted by Crippen LogP contribution is 2.35. The van der Waals surface area contributed by atoms with Gasteiger partial charge in [-0.05, 0) is 50.1 Å². The Labute approximate surface area is 253 Å². The molecule has 4 N–H and O–H groups in total. The van der Waals surface area contributed by atoms with E-state index in [4.69, 9.17) is 14.6 Å². The minimum absolute atomic E-state index is 0.105. The maximum absolute atomic E-state index is 13.4. The number of nitrogens with zero attached hydrogens (tertiary/aromatic N) is 4. The van der Waals surface area contributed by atoms with Gasteiger partial charge in [0, 0.05) is 53.9 Å². The van der Waals surface area contributed by atoms with Crippen LogP contribution in [0, 0.1) is 5.82 Å². The van der Waals surface area contributed by atoms with Crippen molar-refractivity contribution in [1.29, 1.82) is 0 Å². The summed E-state index contributed by atoms with van der Waals surface area (Å²) in [5.74, 6) is 1.06. The molecule has 0 radical (unpaired) electrons. The monoisotopic (exact) mass is 609 g/mol. The summed E-state index contributed by atoms with van der Waals surface area (Å²) in [6, 6.07) is 9.96. The molecule has 3 heterocycles. The van der Waals surface area contributed by atoms with Crippen molar-refractivity contribution in [3.63, 3.8) is 0 Å². The zero-order chi connectivity index (χ0) is 30.0. The minimum atomic E-state index is -0.412. The van der Waals surface area contributed by atoms with Crippen molar-refractivity contribution < 1.29 is 23.8 Å². The number of nitrogens with one attached hydrogen (secondary N) is 3. The first-order chi connectivity index (χ1) is 21.0. The summed E-state index contributed by atoms with van der Waals surface area (Å²) in [5, 5.41) is 19.6. The number of carbonyl (C=O) groups excluding carboxylic acids is 1. The van der Waals surface area contributed by atoms with Gasteiger partial charge in [-0.15, -0.1) is 11.3 Å². The minimum Gasteiger partial charge on any atom is -0.493 e. The number of anilines is 3. The second-order valence-corrected chi connectivity index (χ2v) is 11.3. The highest BCUT2D eigenvalue weighted by atomic mass is 32.1. The van der Waals surface area contributed by atoms with Crippen LogP contribution in [-0.2, 0) is 11.2 Å². The summed E-state index contributed by atoms with van der Waals surface area (Å²) in [6.45, 7) is 4.24. The fraction of sp³-hybridized carbons (Fsp3) is 0.400. The Morgan fingerprint density at radius 1 is 1.21 bits per heavy atom. The number of likely N-dealkylation sites (tertiary alicyclic amines) is 1. The molecule has 0 saturated carbocycles. The molecule has 5 rings (SSSR count). The Hall–Kier alpha value is -3.91. The van der Waals surface area contributed by atoms with Crippen LogP contribution in [0.5, 0.6) is 11.5 Å². The van der Waals surface area contributed by atoms with E-state index in [1.165, 1.54) is 42.6 Å². The maximum atomic E-state index is 13.4. The summed E-state index contributed by atoms with van der Waals surface area (Å²) in [6.07, 6.45) is 6.44. The largest absolute Gasteiger partial charge is 0.493 e. The number of methoxy groups -OCH3 is 1. The number of hydrogen-bond acceptors (Lipinski definition) is 11. The Kier molecular flexibility index (Phi) is 10.7. The van der Waals surface area contributed by atoms with E-state index >= 15 is 0 Å². The Morgan fingerprint density at radius 3 is 2.95 bits per heavy atom. The average Bonchev–Trinajstić information content (AvgIpc) is 3.64. The van der Waals surface area contributed by atoms with Crippen LogP contribution in [0.4, 0.5) is 21.0 Å². The molecule has 0 aliphatic carbocycles. The van der Waals surface area contributed by atoms with E-state index in [-0.39, 0.29) is 18.9 Å². The number of aliphatic hydroxyl groups is 1. The highest BCUT2D eigenvalue weighted by molar-refractivity contribution is 7.15. The van der Waals surface area contributed by atoms with E-state index in [9.17, 15) is 9.18 Å². The molecule has 2 aromatic carbocycles. The lowest BCUT2D eigenvalue weighted by molar-refractivity contribution is -0.115. The van der Waals surface area contributed by atoms with Crippen molar-refractivity contribution in [1.82, 2.24) is 25.2 Å². The van der Waals surface area contributed by atoms with Crippen molar-refractivity contribution in [3.8, 4) is 11.5 Å². The molecule has 1 aliphatic heterocycles. The Bertz CT molecular complexity index is 1520. The van der Waals surface area contributed by atoms with Crippen LogP contribution in [0.1, 0.15) is 24.1 Å². The van der Waals surface area contributed by atoms with Crippen molar-refractivity contribution in [3.05, 3.63) is 59.6 Å². The summed E-state index contributed by atoms with van der Waals surface area (Å²) in [4.78, 5) is 28.9. The highest BCUT2D eigenvalue weighted by Gasteiger charge is 2.23. The van der Waals surface area contributed by atoms with E-state index in [1.54, 1.807) is 25.4 Å². The lowest BCUT2D eigenvalue weighted by Crippen LogP contribution is -2.39. The second-order valence-electron chi connectivity index (χ2n) is 10.2. The van der Waals surface area contributed by atoms with Gasteiger partial charge >= 0.3 is 0 Å². The number of aliphatic hydroxyl groups excluding tert-OH is 1. The molecule has 43 heavy (non-hydrogen) atoms. The number of carbonyl (C=O) groups is 1. The lowest BCUT2D eigenvalue weighted by Gasteiger charge is -2.24. The molecular formula is C30H36FN7O4S. The molecule has 1 amide bonds. The summed E-state index contributed by atoms with van der Waals surface area (Å²) in [5.41, 5.74) is 1.09. The number of rotatable bonds is 15. The number of hydrogen-bond donors (Lipinski definition) is 4. The van der Waals surface area contributed by atoms with Crippen LogP contribution in [0.3, 0.4) is 0 Å². The second kappa shape index (κ2) is 15.0. The fourth-order valence-corrected chi connectivity index (χ4v) is 5.94. The molecule has 1 aliphatic rings. The van der Waals surface area contributed by atoms with Gasteiger partial charge in [0.1, 0.15) is 18.0 Å². The van der Waals surface area contributed by atoms with E-state index in [1.807, 2.05) is 12.1 Å². The molecule has 13 heteroatoms. The van der Waals surface area contributed by atoms with Crippen molar-refractivity contribution in [2.45, 2.75) is 31.7 Å². The van der Waals surface area contributed by atoms with Gasteiger partial charge in [-0.1, -0.05) is 6.07 Å². The topological polar surface area (TPSA) is 134 Å². The van der Waals surface area contributed by atoms with Crippen molar-refractivity contribution in [2.24, 2.45) is 0 Å². The quantitative estimate of drug-likeness (QED) is 0.147. The first-order valence-electron chi connectivity index (χ1n) is 14.3. The zero-order valence-electron chi connectivity index (χ0n) is 24.0. The zero-order valence-corrected chi connectivity index (χ0v) is 24.8. The van der Waals surface area contributed by atoms with Gasteiger partial charge in [0.25, 0.3) is 0 Å². The van der Waals surface area contributed by atoms with Crippen LogP contribution in [-0.4, -0.2) is 83.4 Å². The summed E-state index contributed by atoms with van der Waals surface area (Å²) < 4.78 is 25.2. The summed E-state index contributed by atoms with van der Waals surface area (Å²) in [7, 11) is 1.60.